The molecule has 0 fully saturated rings. The van der Waals surface area contributed by atoms with Crippen molar-refractivity contribution >= 4 is 11.9 Å². The quantitative estimate of drug-likeness (QED) is 0.456. The van der Waals surface area contributed by atoms with Crippen LogP contribution in [-0.4, -0.2) is 11.9 Å². The van der Waals surface area contributed by atoms with E-state index in [0.29, 0.717) is 22.6 Å². The van der Waals surface area contributed by atoms with Crippen molar-refractivity contribution in [1.29, 1.82) is 0 Å². The average molecular weight is 374 g/mol. The van der Waals surface area contributed by atoms with E-state index in [9.17, 15) is 9.59 Å². The summed E-state index contributed by atoms with van der Waals surface area (Å²) < 4.78 is 11.0. The van der Waals surface area contributed by atoms with Crippen LogP contribution in [-0.2, 0) is 0 Å². The van der Waals surface area contributed by atoms with Crippen LogP contribution >= 0.6 is 0 Å². The Hall–Kier alpha value is -3.40. The molecule has 0 aromatic heterocycles. The SMILES string of the molecule is Cc1cccc(C)c1C(=O)Oc1cccc(OC(=O)c2c(C)cccc2C)c1. The largest absolute Gasteiger partial charge is 0.423 e. The molecule has 3 rings (SSSR count). The number of aryl methyl sites for hydroxylation is 4. The molecule has 0 spiro atoms. The second-order valence-electron chi connectivity index (χ2n) is 6.79. The third kappa shape index (κ3) is 4.12. The first-order valence-corrected chi connectivity index (χ1v) is 9.03. The van der Waals surface area contributed by atoms with Gasteiger partial charge in [0.1, 0.15) is 11.5 Å². The van der Waals surface area contributed by atoms with Crippen LogP contribution in [0.5, 0.6) is 11.5 Å². The summed E-state index contributed by atoms with van der Waals surface area (Å²) in [5, 5.41) is 0. The topological polar surface area (TPSA) is 52.6 Å². The molecule has 3 aromatic rings. The maximum absolute atomic E-state index is 12.6. The van der Waals surface area contributed by atoms with Crippen molar-refractivity contribution in [3.05, 3.63) is 94.0 Å². The van der Waals surface area contributed by atoms with Crippen molar-refractivity contribution in [2.75, 3.05) is 0 Å². The van der Waals surface area contributed by atoms with E-state index in [1.165, 1.54) is 6.07 Å². The van der Waals surface area contributed by atoms with Crippen LogP contribution in [0.2, 0.25) is 0 Å². The van der Waals surface area contributed by atoms with Crippen molar-refractivity contribution in [3.63, 3.8) is 0 Å². The highest BCUT2D eigenvalue weighted by Crippen LogP contribution is 2.24. The summed E-state index contributed by atoms with van der Waals surface area (Å²) in [7, 11) is 0. The van der Waals surface area contributed by atoms with Gasteiger partial charge >= 0.3 is 11.9 Å². The highest BCUT2D eigenvalue weighted by atomic mass is 16.5. The van der Waals surface area contributed by atoms with Gasteiger partial charge in [0.15, 0.2) is 0 Å². The first-order valence-electron chi connectivity index (χ1n) is 9.03. The molecule has 0 bridgehead atoms. The second kappa shape index (κ2) is 8.09. The third-order valence-corrected chi connectivity index (χ3v) is 4.60. The molecular weight excluding hydrogens is 352 g/mol. The average Bonchev–Trinajstić information content (AvgIpc) is 2.61. The Bertz CT molecular complexity index is 929. The van der Waals surface area contributed by atoms with E-state index in [1.54, 1.807) is 18.2 Å². The minimum atomic E-state index is -0.436. The maximum atomic E-state index is 12.6. The molecule has 0 saturated heterocycles. The monoisotopic (exact) mass is 374 g/mol. The van der Waals surface area contributed by atoms with E-state index < -0.39 is 11.9 Å². The van der Waals surface area contributed by atoms with E-state index >= 15 is 0 Å². The van der Waals surface area contributed by atoms with Gasteiger partial charge in [-0.05, 0) is 62.1 Å². The number of carbonyl (C=O) groups is 2. The Kier molecular flexibility index (Phi) is 5.59. The van der Waals surface area contributed by atoms with Gasteiger partial charge in [0, 0.05) is 6.07 Å². The smallest absolute Gasteiger partial charge is 0.344 e. The van der Waals surface area contributed by atoms with Gasteiger partial charge in [0.2, 0.25) is 0 Å². The summed E-state index contributed by atoms with van der Waals surface area (Å²) in [6.07, 6.45) is 0. The molecule has 0 aliphatic carbocycles. The van der Waals surface area contributed by atoms with E-state index in [2.05, 4.69) is 0 Å². The predicted octanol–water partition coefficient (Wildman–Crippen LogP) is 5.36. The van der Waals surface area contributed by atoms with E-state index in [-0.39, 0.29) is 0 Å². The lowest BCUT2D eigenvalue weighted by atomic mass is 10.0. The molecule has 0 aliphatic rings. The van der Waals surface area contributed by atoms with Gasteiger partial charge in [0.25, 0.3) is 0 Å². The number of esters is 2. The van der Waals surface area contributed by atoms with Gasteiger partial charge in [-0.2, -0.15) is 0 Å². The van der Waals surface area contributed by atoms with Gasteiger partial charge in [-0.25, -0.2) is 9.59 Å². The van der Waals surface area contributed by atoms with Crippen molar-refractivity contribution in [3.8, 4) is 11.5 Å². The van der Waals surface area contributed by atoms with Crippen LogP contribution < -0.4 is 9.47 Å². The first kappa shape index (κ1) is 19.4. The molecule has 28 heavy (non-hydrogen) atoms. The standard InChI is InChI=1S/C24H22O4/c1-15-8-5-9-16(2)21(15)23(25)27-19-12-7-13-20(14-19)28-24(26)22-17(3)10-6-11-18(22)4/h5-14H,1-4H3. The summed E-state index contributed by atoms with van der Waals surface area (Å²) in [4.78, 5) is 25.1. The molecule has 0 N–H and O–H groups in total. The molecule has 0 radical (unpaired) electrons. The lowest BCUT2D eigenvalue weighted by Crippen LogP contribution is -2.13. The second-order valence-corrected chi connectivity index (χ2v) is 6.79. The predicted molar refractivity (Wildman–Crippen MR) is 108 cm³/mol. The van der Waals surface area contributed by atoms with Gasteiger partial charge in [-0.1, -0.05) is 42.5 Å². The van der Waals surface area contributed by atoms with Crippen LogP contribution in [0, 0.1) is 27.7 Å². The molecule has 3 aromatic carbocycles. The van der Waals surface area contributed by atoms with Crippen LogP contribution in [0.15, 0.2) is 60.7 Å². The van der Waals surface area contributed by atoms with Crippen molar-refractivity contribution < 1.29 is 19.1 Å². The summed E-state index contributed by atoms with van der Waals surface area (Å²) in [6.45, 7) is 7.47. The fourth-order valence-corrected chi connectivity index (χ4v) is 3.19. The number of benzene rings is 3. The lowest BCUT2D eigenvalue weighted by Gasteiger charge is -2.12. The molecule has 0 unspecified atom stereocenters. The minimum absolute atomic E-state index is 0.319. The number of hydrogen-bond acceptors (Lipinski definition) is 4. The van der Waals surface area contributed by atoms with Crippen molar-refractivity contribution in [2.24, 2.45) is 0 Å². The zero-order valence-electron chi connectivity index (χ0n) is 16.4. The van der Waals surface area contributed by atoms with Gasteiger partial charge in [0.05, 0.1) is 11.1 Å². The lowest BCUT2D eigenvalue weighted by molar-refractivity contribution is 0.0731. The first-order chi connectivity index (χ1) is 13.4. The Labute approximate surface area is 164 Å². The zero-order chi connectivity index (χ0) is 20.3. The number of rotatable bonds is 4. The third-order valence-electron chi connectivity index (χ3n) is 4.60. The van der Waals surface area contributed by atoms with E-state index in [1.807, 2.05) is 64.1 Å². The highest BCUT2D eigenvalue weighted by Gasteiger charge is 2.17. The van der Waals surface area contributed by atoms with Gasteiger partial charge < -0.3 is 9.47 Å². The Balaban J connectivity index is 1.79. The maximum Gasteiger partial charge on any atom is 0.344 e. The van der Waals surface area contributed by atoms with Crippen LogP contribution in [0.1, 0.15) is 43.0 Å². The van der Waals surface area contributed by atoms with E-state index in [0.717, 1.165) is 22.3 Å². The molecule has 0 heterocycles. The fraction of sp³-hybridized carbons (Fsp3) is 0.167. The molecule has 4 heteroatoms. The summed E-state index contributed by atoms with van der Waals surface area (Å²) in [5.41, 5.74) is 4.48. The summed E-state index contributed by atoms with van der Waals surface area (Å²) >= 11 is 0. The summed E-state index contributed by atoms with van der Waals surface area (Å²) in [6, 6.07) is 17.8. The minimum Gasteiger partial charge on any atom is -0.423 e. The molecule has 4 nitrogen and oxygen atoms in total. The number of carbonyl (C=O) groups excluding carboxylic acids is 2. The normalized spacial score (nSPS) is 10.4. The fourth-order valence-electron chi connectivity index (χ4n) is 3.19. The Morgan fingerprint density at radius 2 is 0.893 bits per heavy atom. The Morgan fingerprint density at radius 3 is 1.25 bits per heavy atom. The zero-order valence-corrected chi connectivity index (χ0v) is 16.4. The van der Waals surface area contributed by atoms with Crippen LogP contribution in [0.3, 0.4) is 0 Å². The van der Waals surface area contributed by atoms with E-state index in [4.69, 9.17) is 9.47 Å². The number of ether oxygens (including phenoxy) is 2. The van der Waals surface area contributed by atoms with Crippen molar-refractivity contribution in [1.82, 2.24) is 0 Å². The number of hydrogen-bond donors (Lipinski definition) is 0. The molecule has 142 valence electrons. The van der Waals surface area contributed by atoms with Crippen molar-refractivity contribution in [2.45, 2.75) is 27.7 Å². The van der Waals surface area contributed by atoms with Crippen LogP contribution in [0.4, 0.5) is 0 Å². The highest BCUT2D eigenvalue weighted by molar-refractivity contribution is 5.95. The molecule has 0 atom stereocenters. The summed E-state index contributed by atoms with van der Waals surface area (Å²) in [5.74, 6) is -0.235. The molecule has 0 saturated carbocycles. The molecular formula is C24H22O4. The molecule has 0 aliphatic heterocycles. The Morgan fingerprint density at radius 1 is 0.571 bits per heavy atom. The van der Waals surface area contributed by atoms with Gasteiger partial charge in [-0.3, -0.25) is 0 Å². The van der Waals surface area contributed by atoms with Gasteiger partial charge in [-0.15, -0.1) is 0 Å². The molecule has 0 amide bonds. The van der Waals surface area contributed by atoms with Crippen LogP contribution in [0.25, 0.3) is 0 Å².